The molecule has 110 valence electrons. The zero-order valence-corrected chi connectivity index (χ0v) is 13.4. The molecule has 0 aliphatic rings. The average Bonchev–Trinajstić information content (AvgIpc) is 2.79. The van der Waals surface area contributed by atoms with Gasteiger partial charge in [0.25, 0.3) is 0 Å². The van der Waals surface area contributed by atoms with Crippen LogP contribution in [0.3, 0.4) is 0 Å². The Hall–Kier alpha value is -0.770. The van der Waals surface area contributed by atoms with Gasteiger partial charge in [-0.2, -0.15) is 0 Å². The van der Waals surface area contributed by atoms with E-state index in [2.05, 4.69) is 16.5 Å². The largest absolute Gasteiger partial charge is 0.380 e. The summed E-state index contributed by atoms with van der Waals surface area (Å²) in [7, 11) is 0. The van der Waals surface area contributed by atoms with Crippen LogP contribution in [0.25, 0.3) is 11.0 Å². The van der Waals surface area contributed by atoms with E-state index in [0.717, 1.165) is 42.9 Å². The summed E-state index contributed by atoms with van der Waals surface area (Å²) in [5.74, 6) is 0.842. The third-order valence-electron chi connectivity index (χ3n) is 3.22. The van der Waals surface area contributed by atoms with Crippen LogP contribution in [-0.4, -0.2) is 22.8 Å². The Morgan fingerprint density at radius 2 is 2.15 bits per heavy atom. The van der Waals surface area contributed by atoms with Gasteiger partial charge in [-0.25, -0.2) is 4.98 Å². The van der Waals surface area contributed by atoms with Gasteiger partial charge in [-0.05, 0) is 25.5 Å². The number of hydrogen-bond donors (Lipinski definition) is 0. The molecule has 0 radical (unpaired) electrons. The normalized spacial score (nSPS) is 13.0. The lowest BCUT2D eigenvalue weighted by Gasteiger charge is -2.10. The minimum atomic E-state index is -0.158. The Bertz CT molecular complexity index is 566. The fourth-order valence-corrected chi connectivity index (χ4v) is 2.55. The molecule has 0 amide bonds. The zero-order chi connectivity index (χ0) is 14.5. The first kappa shape index (κ1) is 15.6. The average molecular weight is 315 g/mol. The number of hydrogen-bond acceptors (Lipinski definition) is 2. The van der Waals surface area contributed by atoms with E-state index in [-0.39, 0.29) is 5.38 Å². The molecule has 1 unspecified atom stereocenters. The molecule has 1 aromatic heterocycles. The van der Waals surface area contributed by atoms with Crippen molar-refractivity contribution in [1.82, 2.24) is 9.55 Å². The second kappa shape index (κ2) is 7.30. The Morgan fingerprint density at radius 3 is 2.85 bits per heavy atom. The number of halogens is 2. The first-order valence-corrected chi connectivity index (χ1v) is 7.83. The van der Waals surface area contributed by atoms with Gasteiger partial charge in [0.15, 0.2) is 0 Å². The smallest absolute Gasteiger partial charge is 0.127 e. The lowest BCUT2D eigenvalue weighted by molar-refractivity contribution is 0.123. The number of para-hydroxylation sites is 1. The van der Waals surface area contributed by atoms with Crippen molar-refractivity contribution in [2.45, 2.75) is 38.6 Å². The van der Waals surface area contributed by atoms with Crippen molar-refractivity contribution in [3.8, 4) is 0 Å². The number of ether oxygens (including phenoxy) is 1. The van der Waals surface area contributed by atoms with Crippen LogP contribution in [0.2, 0.25) is 5.02 Å². The summed E-state index contributed by atoms with van der Waals surface area (Å²) in [6.07, 6.45) is 2.24. The highest BCUT2D eigenvalue weighted by molar-refractivity contribution is 6.35. The first-order chi connectivity index (χ1) is 9.65. The summed E-state index contributed by atoms with van der Waals surface area (Å²) in [5.41, 5.74) is 1.82. The fourth-order valence-electron chi connectivity index (χ4n) is 2.17. The second-order valence-corrected chi connectivity index (χ2v) is 5.87. The minimum Gasteiger partial charge on any atom is -0.380 e. The monoisotopic (exact) mass is 314 g/mol. The highest BCUT2D eigenvalue weighted by atomic mass is 35.5. The van der Waals surface area contributed by atoms with Gasteiger partial charge in [0.05, 0.1) is 22.5 Å². The zero-order valence-electron chi connectivity index (χ0n) is 11.9. The lowest BCUT2D eigenvalue weighted by atomic mass is 10.3. The molecule has 1 heterocycles. The minimum absolute atomic E-state index is 0.158. The molecule has 5 heteroatoms. The molecule has 0 saturated heterocycles. The third kappa shape index (κ3) is 3.46. The molecule has 1 atom stereocenters. The van der Waals surface area contributed by atoms with Gasteiger partial charge in [0.1, 0.15) is 11.3 Å². The van der Waals surface area contributed by atoms with Crippen molar-refractivity contribution in [1.29, 1.82) is 0 Å². The van der Waals surface area contributed by atoms with E-state index in [1.54, 1.807) is 0 Å². The van der Waals surface area contributed by atoms with Crippen LogP contribution >= 0.6 is 23.2 Å². The number of unbranched alkanes of at least 4 members (excludes halogenated alkanes) is 1. The number of aromatic nitrogens is 2. The highest BCUT2D eigenvalue weighted by Gasteiger charge is 2.16. The first-order valence-electron chi connectivity index (χ1n) is 7.01. The Balaban J connectivity index is 2.21. The van der Waals surface area contributed by atoms with E-state index in [9.17, 15) is 0 Å². The number of rotatable bonds is 7. The number of benzene rings is 1. The van der Waals surface area contributed by atoms with E-state index >= 15 is 0 Å². The van der Waals surface area contributed by atoms with Gasteiger partial charge in [0, 0.05) is 13.2 Å². The molecular formula is C15H20Cl2N2O. The Morgan fingerprint density at radius 1 is 1.35 bits per heavy atom. The van der Waals surface area contributed by atoms with Crippen LogP contribution in [-0.2, 0) is 11.3 Å². The van der Waals surface area contributed by atoms with Gasteiger partial charge in [-0.15, -0.1) is 11.6 Å². The van der Waals surface area contributed by atoms with Crippen molar-refractivity contribution in [2.75, 3.05) is 13.2 Å². The van der Waals surface area contributed by atoms with E-state index in [1.165, 1.54) is 0 Å². The molecule has 20 heavy (non-hydrogen) atoms. The predicted molar refractivity (Wildman–Crippen MR) is 84.7 cm³/mol. The van der Waals surface area contributed by atoms with Crippen molar-refractivity contribution >= 4 is 34.2 Å². The third-order valence-corrected chi connectivity index (χ3v) is 3.72. The summed E-state index contributed by atoms with van der Waals surface area (Å²) in [6.45, 7) is 6.28. The van der Waals surface area contributed by atoms with Crippen molar-refractivity contribution in [3.05, 3.63) is 29.0 Å². The lowest BCUT2D eigenvalue weighted by Crippen LogP contribution is -2.10. The van der Waals surface area contributed by atoms with Crippen LogP contribution in [0.15, 0.2) is 18.2 Å². The Labute approximate surface area is 129 Å². The van der Waals surface area contributed by atoms with Crippen LogP contribution in [0, 0.1) is 0 Å². The number of imidazole rings is 1. The highest BCUT2D eigenvalue weighted by Crippen LogP contribution is 2.28. The summed E-state index contributed by atoms with van der Waals surface area (Å²) in [5, 5.41) is 0.501. The summed E-state index contributed by atoms with van der Waals surface area (Å²) in [6, 6.07) is 5.80. The maximum atomic E-state index is 6.23. The molecule has 2 rings (SSSR count). The Kier molecular flexibility index (Phi) is 5.70. The maximum Gasteiger partial charge on any atom is 0.127 e. The van der Waals surface area contributed by atoms with Crippen LogP contribution < -0.4 is 0 Å². The maximum absolute atomic E-state index is 6.23. The van der Waals surface area contributed by atoms with E-state index < -0.39 is 0 Å². The molecule has 0 saturated carbocycles. The van der Waals surface area contributed by atoms with Crippen molar-refractivity contribution < 1.29 is 4.74 Å². The molecule has 0 aliphatic carbocycles. The van der Waals surface area contributed by atoms with Crippen LogP contribution in [0.4, 0.5) is 0 Å². The number of nitrogens with zero attached hydrogens (tertiary/aromatic N) is 2. The predicted octanol–water partition coefficient (Wildman–Crippen LogP) is 4.81. The summed E-state index contributed by atoms with van der Waals surface area (Å²) >= 11 is 12.4. The van der Waals surface area contributed by atoms with Gasteiger partial charge in [-0.3, -0.25) is 0 Å². The molecule has 3 nitrogen and oxygen atoms in total. The van der Waals surface area contributed by atoms with Gasteiger partial charge < -0.3 is 9.30 Å². The molecular weight excluding hydrogens is 295 g/mol. The summed E-state index contributed by atoms with van der Waals surface area (Å²) in [4.78, 5) is 4.57. The van der Waals surface area contributed by atoms with Gasteiger partial charge in [0.2, 0.25) is 0 Å². The van der Waals surface area contributed by atoms with Gasteiger partial charge in [-0.1, -0.05) is 31.0 Å². The molecule has 0 spiro atoms. The van der Waals surface area contributed by atoms with Gasteiger partial charge >= 0.3 is 0 Å². The molecule has 2 aromatic rings. The van der Waals surface area contributed by atoms with E-state index in [0.29, 0.717) is 11.6 Å². The van der Waals surface area contributed by atoms with E-state index in [1.807, 2.05) is 25.1 Å². The fraction of sp³-hybridized carbons (Fsp3) is 0.533. The second-order valence-electron chi connectivity index (χ2n) is 4.81. The topological polar surface area (TPSA) is 27.1 Å². The van der Waals surface area contributed by atoms with Crippen molar-refractivity contribution in [2.24, 2.45) is 0 Å². The summed E-state index contributed by atoms with van der Waals surface area (Å²) < 4.78 is 7.74. The van der Waals surface area contributed by atoms with Crippen LogP contribution in [0.1, 0.15) is 37.9 Å². The van der Waals surface area contributed by atoms with Crippen LogP contribution in [0.5, 0.6) is 0 Å². The molecule has 0 N–H and O–H groups in total. The molecule has 1 aromatic carbocycles. The molecule has 0 aliphatic heterocycles. The van der Waals surface area contributed by atoms with Crippen molar-refractivity contribution in [3.63, 3.8) is 0 Å². The molecule has 0 bridgehead atoms. The SMILES string of the molecule is CCCCOCCn1c(C(C)Cl)nc2c(Cl)cccc21. The number of alkyl halides is 1. The number of fused-ring (bicyclic) bond motifs is 1. The standard InChI is InChI=1S/C15H20Cl2N2O/c1-3-4-9-20-10-8-19-13-7-5-6-12(17)14(13)18-15(19)11(2)16/h5-7,11H,3-4,8-10H2,1-2H3. The van der Waals surface area contributed by atoms with E-state index in [4.69, 9.17) is 27.9 Å². The quantitative estimate of drug-likeness (QED) is 0.542. The molecule has 0 fully saturated rings.